The monoisotopic (exact) mass is 346 g/mol. The number of nitrogens with one attached hydrogen (secondary N) is 2. The van der Waals surface area contributed by atoms with Crippen molar-refractivity contribution in [3.8, 4) is 0 Å². The number of hydrogen-bond acceptors (Lipinski definition) is 2. The fourth-order valence-electron chi connectivity index (χ4n) is 2.27. The third kappa shape index (κ3) is 4.86. The minimum absolute atomic E-state index is 0.137. The van der Waals surface area contributed by atoms with E-state index < -0.39 is 29.5 Å². The average molecular weight is 346 g/mol. The molecule has 2 aromatic carbocycles. The Balaban J connectivity index is 2.12. The predicted octanol–water partition coefficient (Wildman–Crippen LogP) is 3.67. The molecule has 0 heterocycles. The highest BCUT2D eigenvalue weighted by Gasteiger charge is 2.25. The quantitative estimate of drug-likeness (QED) is 0.868. The molecule has 0 aliphatic heterocycles. The number of rotatable bonds is 5. The Morgan fingerprint density at radius 3 is 2.20 bits per heavy atom. The highest BCUT2D eigenvalue weighted by Crippen LogP contribution is 2.16. The first-order valence-electron chi connectivity index (χ1n) is 7.91. The first kappa shape index (κ1) is 18.6. The van der Waals surface area contributed by atoms with Gasteiger partial charge in [-0.1, -0.05) is 31.5 Å². The molecule has 2 aromatic rings. The normalized spacial score (nSPS) is 11.9. The van der Waals surface area contributed by atoms with E-state index in [2.05, 4.69) is 10.6 Å². The van der Waals surface area contributed by atoms with Gasteiger partial charge < -0.3 is 10.6 Å². The van der Waals surface area contributed by atoms with Gasteiger partial charge in [-0.2, -0.15) is 0 Å². The van der Waals surface area contributed by atoms with E-state index in [1.807, 2.05) is 6.92 Å². The summed E-state index contributed by atoms with van der Waals surface area (Å²) in [6.45, 7) is 5.44. The molecule has 0 bridgehead atoms. The maximum absolute atomic E-state index is 13.7. The predicted molar refractivity (Wildman–Crippen MR) is 92.3 cm³/mol. The zero-order valence-electron chi connectivity index (χ0n) is 14.3. The number of carbonyl (C=O) groups excluding carboxylic acids is 2. The first-order chi connectivity index (χ1) is 11.8. The van der Waals surface area contributed by atoms with Crippen molar-refractivity contribution >= 4 is 17.5 Å². The number of amides is 2. The van der Waals surface area contributed by atoms with Crippen LogP contribution in [0, 0.1) is 24.5 Å². The van der Waals surface area contributed by atoms with Gasteiger partial charge in [0, 0.05) is 11.6 Å². The summed E-state index contributed by atoms with van der Waals surface area (Å²) in [5, 5.41) is 5.05. The van der Waals surface area contributed by atoms with Crippen molar-refractivity contribution in [3.63, 3.8) is 0 Å². The van der Waals surface area contributed by atoms with Gasteiger partial charge in [-0.05, 0) is 37.1 Å². The summed E-state index contributed by atoms with van der Waals surface area (Å²) in [7, 11) is 0. The summed E-state index contributed by atoms with van der Waals surface area (Å²) in [5.74, 6) is -2.79. The smallest absolute Gasteiger partial charge is 0.251 e. The molecule has 132 valence electrons. The molecular weight excluding hydrogens is 326 g/mol. The van der Waals surface area contributed by atoms with Crippen LogP contribution >= 0.6 is 0 Å². The Labute approximate surface area is 145 Å². The molecule has 4 nitrogen and oxygen atoms in total. The number of halogens is 2. The minimum Gasteiger partial charge on any atom is -0.340 e. The van der Waals surface area contributed by atoms with Crippen LogP contribution in [0.5, 0.6) is 0 Å². The van der Waals surface area contributed by atoms with Crippen LogP contribution in [-0.4, -0.2) is 17.9 Å². The molecule has 6 heteroatoms. The summed E-state index contributed by atoms with van der Waals surface area (Å²) >= 11 is 0. The fourth-order valence-corrected chi connectivity index (χ4v) is 2.27. The second-order valence-corrected chi connectivity index (χ2v) is 6.17. The molecule has 0 spiro atoms. The maximum atomic E-state index is 13.7. The van der Waals surface area contributed by atoms with E-state index in [1.165, 1.54) is 0 Å². The van der Waals surface area contributed by atoms with Crippen molar-refractivity contribution in [2.24, 2.45) is 5.92 Å². The van der Waals surface area contributed by atoms with E-state index in [0.29, 0.717) is 11.6 Å². The van der Waals surface area contributed by atoms with Crippen LogP contribution < -0.4 is 10.6 Å². The number of benzene rings is 2. The minimum atomic E-state index is -0.874. The lowest BCUT2D eigenvalue weighted by Gasteiger charge is -2.22. The summed E-state index contributed by atoms with van der Waals surface area (Å²) in [4.78, 5) is 24.8. The molecule has 25 heavy (non-hydrogen) atoms. The molecule has 2 amide bonds. The maximum Gasteiger partial charge on any atom is 0.251 e. The van der Waals surface area contributed by atoms with Gasteiger partial charge in [0.1, 0.15) is 17.7 Å². The molecule has 0 aliphatic carbocycles. The highest BCUT2D eigenvalue weighted by molar-refractivity contribution is 6.01. The molecule has 0 unspecified atom stereocenters. The second-order valence-electron chi connectivity index (χ2n) is 6.17. The van der Waals surface area contributed by atoms with E-state index in [4.69, 9.17) is 0 Å². The van der Waals surface area contributed by atoms with Crippen molar-refractivity contribution in [3.05, 3.63) is 65.2 Å². The third-order valence-electron chi connectivity index (χ3n) is 3.74. The largest absolute Gasteiger partial charge is 0.340 e. The number of anilines is 1. The SMILES string of the molecule is Cc1ccc(C(=O)N[C@H](C(=O)Nc2ccc(F)cc2F)C(C)C)cc1. The number of carbonyl (C=O) groups is 2. The van der Waals surface area contributed by atoms with Gasteiger partial charge in [0.25, 0.3) is 5.91 Å². The lowest BCUT2D eigenvalue weighted by Crippen LogP contribution is -2.47. The molecule has 0 radical (unpaired) electrons. The van der Waals surface area contributed by atoms with Crippen molar-refractivity contribution in [1.82, 2.24) is 5.32 Å². The fraction of sp³-hybridized carbons (Fsp3) is 0.263. The molecule has 2 N–H and O–H groups in total. The van der Waals surface area contributed by atoms with E-state index >= 15 is 0 Å². The third-order valence-corrected chi connectivity index (χ3v) is 3.74. The standard InChI is InChI=1S/C19H20F2N2O2/c1-11(2)17(23-18(24)13-6-4-12(3)5-7-13)19(25)22-16-9-8-14(20)10-15(16)21/h4-11,17H,1-3H3,(H,22,25)(H,23,24)/t17-/m0/s1. The number of aryl methyl sites for hydroxylation is 1. The van der Waals surface area contributed by atoms with E-state index in [-0.39, 0.29) is 11.6 Å². The molecule has 2 rings (SSSR count). The molecular formula is C19H20F2N2O2. The van der Waals surface area contributed by atoms with Crippen molar-refractivity contribution in [2.75, 3.05) is 5.32 Å². The molecule has 0 aliphatic rings. The zero-order chi connectivity index (χ0) is 18.6. The summed E-state index contributed by atoms with van der Waals surface area (Å²) < 4.78 is 26.6. The van der Waals surface area contributed by atoms with Gasteiger partial charge in [-0.3, -0.25) is 9.59 Å². The molecule has 0 saturated carbocycles. The van der Waals surface area contributed by atoms with Crippen molar-refractivity contribution < 1.29 is 18.4 Å². The van der Waals surface area contributed by atoms with Gasteiger partial charge in [-0.25, -0.2) is 8.78 Å². The van der Waals surface area contributed by atoms with Crippen LogP contribution in [-0.2, 0) is 4.79 Å². The van der Waals surface area contributed by atoms with E-state index in [1.54, 1.807) is 38.1 Å². The Morgan fingerprint density at radius 1 is 1.00 bits per heavy atom. The Morgan fingerprint density at radius 2 is 1.64 bits per heavy atom. The Bertz CT molecular complexity index is 773. The molecule has 1 atom stereocenters. The van der Waals surface area contributed by atoms with Crippen LogP contribution in [0.2, 0.25) is 0 Å². The first-order valence-corrected chi connectivity index (χ1v) is 7.91. The van der Waals surface area contributed by atoms with Gasteiger partial charge in [0.05, 0.1) is 5.69 Å². The van der Waals surface area contributed by atoms with Crippen LogP contribution in [0.15, 0.2) is 42.5 Å². The molecule has 0 saturated heterocycles. The molecule has 0 aromatic heterocycles. The highest BCUT2D eigenvalue weighted by atomic mass is 19.1. The van der Waals surface area contributed by atoms with Gasteiger partial charge in [-0.15, -0.1) is 0 Å². The zero-order valence-corrected chi connectivity index (χ0v) is 14.3. The second kappa shape index (κ2) is 7.88. The summed E-state index contributed by atoms with van der Waals surface area (Å²) in [6, 6.07) is 8.94. The van der Waals surface area contributed by atoms with Gasteiger partial charge in [0.2, 0.25) is 5.91 Å². The molecule has 0 fully saturated rings. The van der Waals surface area contributed by atoms with E-state index in [0.717, 1.165) is 17.7 Å². The lowest BCUT2D eigenvalue weighted by atomic mass is 10.0. The Hall–Kier alpha value is -2.76. The lowest BCUT2D eigenvalue weighted by molar-refractivity contribution is -0.118. The van der Waals surface area contributed by atoms with E-state index in [9.17, 15) is 18.4 Å². The average Bonchev–Trinajstić information content (AvgIpc) is 2.55. The Kier molecular flexibility index (Phi) is 5.85. The van der Waals surface area contributed by atoms with Crippen molar-refractivity contribution in [1.29, 1.82) is 0 Å². The van der Waals surface area contributed by atoms with Gasteiger partial charge >= 0.3 is 0 Å². The van der Waals surface area contributed by atoms with Crippen molar-refractivity contribution in [2.45, 2.75) is 26.8 Å². The van der Waals surface area contributed by atoms with Crippen LogP contribution in [0.25, 0.3) is 0 Å². The van der Waals surface area contributed by atoms with Gasteiger partial charge in [0.15, 0.2) is 0 Å². The van der Waals surface area contributed by atoms with Crippen LogP contribution in [0.3, 0.4) is 0 Å². The van der Waals surface area contributed by atoms with Crippen LogP contribution in [0.4, 0.5) is 14.5 Å². The number of hydrogen-bond donors (Lipinski definition) is 2. The van der Waals surface area contributed by atoms with Crippen LogP contribution in [0.1, 0.15) is 29.8 Å². The summed E-state index contributed by atoms with van der Waals surface area (Å²) in [6.07, 6.45) is 0. The summed E-state index contributed by atoms with van der Waals surface area (Å²) in [5.41, 5.74) is 1.31. The topological polar surface area (TPSA) is 58.2 Å².